The van der Waals surface area contributed by atoms with E-state index in [9.17, 15) is 18.0 Å². The first-order chi connectivity index (χ1) is 11.7. The zero-order chi connectivity index (χ0) is 18.6. The first-order valence-electron chi connectivity index (χ1n) is 8.42. The number of hydrogen-bond acceptors (Lipinski definition) is 4. The van der Waals surface area contributed by atoms with Gasteiger partial charge in [-0.25, -0.2) is 13.6 Å². The number of piperidine rings is 1. The van der Waals surface area contributed by atoms with Gasteiger partial charge >= 0.3 is 11.8 Å². The number of amides is 2. The lowest BCUT2D eigenvalue weighted by Gasteiger charge is -2.38. The number of sulfonamides is 1. The molecular weight excluding hydrogens is 342 g/mol. The summed E-state index contributed by atoms with van der Waals surface area (Å²) < 4.78 is 22.4. The highest BCUT2D eigenvalue weighted by Crippen LogP contribution is 2.22. The summed E-state index contributed by atoms with van der Waals surface area (Å²) in [6, 6.07) is 6.29. The van der Waals surface area contributed by atoms with Gasteiger partial charge in [-0.2, -0.15) is 0 Å². The second-order valence-corrected chi connectivity index (χ2v) is 8.10. The van der Waals surface area contributed by atoms with Crippen molar-refractivity contribution >= 4 is 21.8 Å². The number of likely N-dealkylation sites (tertiary alicyclic amines) is 1. The number of carbonyl (C=O) groups is 2. The van der Waals surface area contributed by atoms with Crippen molar-refractivity contribution in [3.05, 3.63) is 29.8 Å². The maximum absolute atomic E-state index is 12.3. The van der Waals surface area contributed by atoms with E-state index in [-0.39, 0.29) is 17.0 Å². The maximum atomic E-state index is 12.3. The van der Waals surface area contributed by atoms with Crippen molar-refractivity contribution in [3.8, 4) is 0 Å². The van der Waals surface area contributed by atoms with Crippen molar-refractivity contribution in [2.24, 2.45) is 5.14 Å². The third-order valence-corrected chi connectivity index (χ3v) is 5.50. The molecule has 138 valence electrons. The fraction of sp³-hybridized carbons (Fsp3) is 0.529. The monoisotopic (exact) mass is 367 g/mol. The molecule has 7 nitrogen and oxygen atoms in total. The normalized spacial score (nSPS) is 21.0. The Balaban J connectivity index is 1.86. The molecule has 25 heavy (non-hydrogen) atoms. The molecule has 0 aromatic heterocycles. The lowest BCUT2D eigenvalue weighted by Crippen LogP contribution is -2.53. The maximum Gasteiger partial charge on any atom is 0.312 e. The van der Waals surface area contributed by atoms with Crippen LogP contribution in [0.5, 0.6) is 0 Å². The highest BCUT2D eigenvalue weighted by atomic mass is 32.2. The molecule has 0 saturated carbocycles. The molecule has 0 spiro atoms. The molecule has 1 fully saturated rings. The molecule has 2 atom stereocenters. The summed E-state index contributed by atoms with van der Waals surface area (Å²) in [5, 5.41) is 7.69. The molecular formula is C17H25N3O4S. The molecule has 1 aliphatic heterocycles. The van der Waals surface area contributed by atoms with Crippen LogP contribution in [-0.4, -0.2) is 43.8 Å². The van der Waals surface area contributed by atoms with E-state index < -0.39 is 21.8 Å². The van der Waals surface area contributed by atoms with E-state index >= 15 is 0 Å². The van der Waals surface area contributed by atoms with Gasteiger partial charge in [0, 0.05) is 18.6 Å². The molecule has 1 heterocycles. The quantitative estimate of drug-likeness (QED) is 0.766. The van der Waals surface area contributed by atoms with Crippen LogP contribution in [0.4, 0.5) is 0 Å². The van der Waals surface area contributed by atoms with Gasteiger partial charge in [0.15, 0.2) is 0 Å². The lowest BCUT2D eigenvalue weighted by molar-refractivity contribution is -0.150. The summed E-state index contributed by atoms with van der Waals surface area (Å²) in [5.74, 6) is -1.08. The van der Waals surface area contributed by atoms with Gasteiger partial charge in [-0.3, -0.25) is 9.59 Å². The molecule has 0 aliphatic carbocycles. The molecule has 2 rings (SSSR count). The van der Waals surface area contributed by atoms with Gasteiger partial charge in [-0.15, -0.1) is 0 Å². The molecule has 0 bridgehead atoms. The number of carbonyl (C=O) groups excluding carboxylic acids is 2. The average Bonchev–Trinajstić information content (AvgIpc) is 2.54. The Kier molecular flexibility index (Phi) is 6.18. The highest BCUT2D eigenvalue weighted by molar-refractivity contribution is 7.89. The van der Waals surface area contributed by atoms with E-state index in [4.69, 9.17) is 5.14 Å². The lowest BCUT2D eigenvalue weighted by atomic mass is 9.97. The molecule has 1 aromatic rings. The second kappa shape index (κ2) is 7.97. The first-order valence-corrected chi connectivity index (χ1v) is 9.97. The number of nitrogens with zero attached hydrogens (tertiary/aromatic N) is 1. The largest absolute Gasteiger partial charge is 0.347 e. The molecule has 1 aromatic carbocycles. The van der Waals surface area contributed by atoms with Crippen molar-refractivity contribution in [3.63, 3.8) is 0 Å². The van der Waals surface area contributed by atoms with Gasteiger partial charge in [0.1, 0.15) is 0 Å². The van der Waals surface area contributed by atoms with Crippen molar-refractivity contribution in [1.29, 1.82) is 0 Å². The van der Waals surface area contributed by atoms with Gasteiger partial charge in [0.05, 0.1) is 4.90 Å². The minimum absolute atomic E-state index is 0.0449. The van der Waals surface area contributed by atoms with Gasteiger partial charge in [0.25, 0.3) is 0 Å². The van der Waals surface area contributed by atoms with Gasteiger partial charge in [-0.1, -0.05) is 12.1 Å². The Morgan fingerprint density at radius 3 is 2.24 bits per heavy atom. The van der Waals surface area contributed by atoms with E-state index in [0.717, 1.165) is 24.8 Å². The topological polar surface area (TPSA) is 110 Å². The van der Waals surface area contributed by atoms with E-state index in [2.05, 4.69) is 5.32 Å². The van der Waals surface area contributed by atoms with E-state index in [0.29, 0.717) is 13.0 Å². The smallest absolute Gasteiger partial charge is 0.312 e. The molecule has 2 unspecified atom stereocenters. The minimum Gasteiger partial charge on any atom is -0.347 e. The Morgan fingerprint density at radius 1 is 1.16 bits per heavy atom. The van der Waals surface area contributed by atoms with Gasteiger partial charge in [0.2, 0.25) is 10.0 Å². The van der Waals surface area contributed by atoms with Crippen LogP contribution in [-0.2, 0) is 26.0 Å². The number of primary sulfonamides is 1. The van der Waals surface area contributed by atoms with Crippen molar-refractivity contribution in [2.45, 2.75) is 56.5 Å². The molecule has 0 radical (unpaired) electrons. The first kappa shape index (κ1) is 19.4. The zero-order valence-corrected chi connectivity index (χ0v) is 15.4. The minimum atomic E-state index is -3.71. The summed E-state index contributed by atoms with van der Waals surface area (Å²) in [6.45, 7) is 4.23. The van der Waals surface area contributed by atoms with E-state index in [1.54, 1.807) is 17.0 Å². The molecule has 1 saturated heterocycles. The number of nitrogens with two attached hydrogens (primary N) is 1. The average molecular weight is 367 g/mol. The van der Waals surface area contributed by atoms with Crippen LogP contribution in [0.2, 0.25) is 0 Å². The molecule has 1 aliphatic rings. The zero-order valence-electron chi connectivity index (χ0n) is 14.6. The van der Waals surface area contributed by atoms with Crippen LogP contribution in [0.3, 0.4) is 0 Å². The summed E-state index contributed by atoms with van der Waals surface area (Å²) in [4.78, 5) is 26.2. The van der Waals surface area contributed by atoms with Crippen LogP contribution in [0.15, 0.2) is 29.2 Å². The van der Waals surface area contributed by atoms with Crippen molar-refractivity contribution in [2.75, 3.05) is 6.54 Å². The molecule has 3 N–H and O–H groups in total. The predicted molar refractivity (Wildman–Crippen MR) is 94.1 cm³/mol. The summed E-state index contributed by atoms with van der Waals surface area (Å²) in [5.41, 5.74) is 0.847. The van der Waals surface area contributed by atoms with Crippen LogP contribution < -0.4 is 10.5 Å². The fourth-order valence-electron chi connectivity index (χ4n) is 3.18. The third kappa shape index (κ3) is 5.02. The SMILES string of the molecule is CC1CCCC(C)N1C(=O)C(=O)NCCc1ccc(S(N)(=O)=O)cc1. The number of rotatable bonds is 4. The standard InChI is InChI=1S/C17H25N3O4S/c1-12-4-3-5-13(2)20(12)17(22)16(21)19-11-10-14-6-8-15(9-7-14)25(18,23)24/h6-9,12-13H,3-5,10-11H2,1-2H3,(H,19,21)(H2,18,23,24). The Hall–Kier alpha value is -1.93. The number of benzene rings is 1. The van der Waals surface area contributed by atoms with Crippen LogP contribution in [0.1, 0.15) is 38.7 Å². The predicted octanol–water partition coefficient (Wildman–Crippen LogP) is 0.782. The number of hydrogen-bond donors (Lipinski definition) is 2. The van der Waals surface area contributed by atoms with Crippen molar-refractivity contribution in [1.82, 2.24) is 10.2 Å². The number of nitrogens with one attached hydrogen (secondary N) is 1. The highest BCUT2D eigenvalue weighted by Gasteiger charge is 2.32. The van der Waals surface area contributed by atoms with E-state index in [1.807, 2.05) is 13.8 Å². The second-order valence-electron chi connectivity index (χ2n) is 6.54. The Morgan fingerprint density at radius 2 is 1.72 bits per heavy atom. The molecule has 8 heteroatoms. The van der Waals surface area contributed by atoms with Crippen molar-refractivity contribution < 1.29 is 18.0 Å². The van der Waals surface area contributed by atoms with Crippen LogP contribution in [0, 0.1) is 0 Å². The van der Waals surface area contributed by atoms with Crippen LogP contribution in [0.25, 0.3) is 0 Å². The Labute approximate surface area is 148 Å². The van der Waals surface area contributed by atoms with Gasteiger partial charge < -0.3 is 10.2 Å². The summed E-state index contributed by atoms with van der Waals surface area (Å²) in [7, 11) is -3.71. The van der Waals surface area contributed by atoms with Gasteiger partial charge in [-0.05, 0) is 57.2 Å². The third-order valence-electron chi connectivity index (χ3n) is 4.57. The van der Waals surface area contributed by atoms with E-state index in [1.165, 1.54) is 12.1 Å². The summed E-state index contributed by atoms with van der Waals surface area (Å²) >= 11 is 0. The Bertz CT molecular complexity index is 721. The van der Waals surface area contributed by atoms with Crippen LogP contribution >= 0.6 is 0 Å². The summed E-state index contributed by atoms with van der Waals surface area (Å²) in [6.07, 6.45) is 3.40. The molecule has 2 amide bonds. The fourth-order valence-corrected chi connectivity index (χ4v) is 3.70.